The molecule has 0 atom stereocenters. The number of hydrogen-bond donors (Lipinski definition) is 0. The van der Waals surface area contributed by atoms with Crippen LogP contribution in [0.2, 0.25) is 0 Å². The van der Waals surface area contributed by atoms with Crippen molar-refractivity contribution in [1.29, 1.82) is 0 Å². The van der Waals surface area contributed by atoms with Crippen molar-refractivity contribution < 1.29 is 31.8 Å². The molecule has 9 heteroatoms. The number of nitrogens with zero attached hydrogens (tertiary/aromatic N) is 2. The molecule has 0 fully saturated rings. The van der Waals surface area contributed by atoms with Crippen LogP contribution in [0.25, 0.3) is 5.57 Å². The number of carbonyl (C=O) groups is 1. The fourth-order valence-electron chi connectivity index (χ4n) is 11.1. The van der Waals surface area contributed by atoms with Gasteiger partial charge in [0.25, 0.3) is 0 Å². The van der Waals surface area contributed by atoms with Gasteiger partial charge in [-0.05, 0) is 47.8 Å². The molecule has 0 amide bonds. The van der Waals surface area contributed by atoms with E-state index in [4.69, 9.17) is 9.47 Å². The van der Waals surface area contributed by atoms with Crippen molar-refractivity contribution in [2.75, 3.05) is 37.7 Å². The van der Waals surface area contributed by atoms with Crippen molar-refractivity contribution in [1.82, 2.24) is 4.58 Å². The van der Waals surface area contributed by atoms with E-state index < -0.39 is 51.2 Å². The standard InChI is InChI=1S/C52H67F4N2O3.C2H6/c1-10-11-12-13-14-15-16-17-18-19-28-60-48(59)37-36(40(53)42(55)43(56)41(37)54)35-31-29-33-44-38(51(6,7)22-26-57(44)24-20-49(33,2)3)46(31)61-47-32(35)30-34-45-39(47)52(8,9)23-27-58(45)25-21-50(34,4)5;1-2/h29-30H,10-28H2,1-9H3;1-2H3/q+1;. The number of anilines is 1. The van der Waals surface area contributed by atoms with Gasteiger partial charge in [-0.25, -0.2) is 26.9 Å². The summed E-state index contributed by atoms with van der Waals surface area (Å²) in [6, 6.07) is 4.01. The van der Waals surface area contributed by atoms with Gasteiger partial charge in [0.15, 0.2) is 23.3 Å². The lowest BCUT2D eigenvalue weighted by Crippen LogP contribution is -2.54. The van der Waals surface area contributed by atoms with Crippen molar-refractivity contribution in [2.45, 2.75) is 188 Å². The zero-order valence-corrected chi connectivity index (χ0v) is 40.2. The zero-order chi connectivity index (χ0) is 45.8. The Labute approximate surface area is 374 Å². The molecule has 0 saturated carbocycles. The number of unbranched alkanes of at least 4 members (excludes halogenated alkanes) is 9. The summed E-state index contributed by atoms with van der Waals surface area (Å²) in [6.07, 6.45) is 14.1. The van der Waals surface area contributed by atoms with Crippen molar-refractivity contribution in [3.63, 3.8) is 0 Å². The second-order valence-corrected chi connectivity index (χ2v) is 21.4. The lowest BCUT2D eigenvalue weighted by atomic mass is 9.67. The summed E-state index contributed by atoms with van der Waals surface area (Å²) in [6.45, 7) is 27.2. The Hall–Kier alpha value is -3.88. The van der Waals surface area contributed by atoms with Crippen molar-refractivity contribution in [2.24, 2.45) is 0 Å². The first-order valence-corrected chi connectivity index (χ1v) is 24.3. The van der Waals surface area contributed by atoms with Crippen LogP contribution in [0.3, 0.4) is 0 Å². The Balaban J connectivity index is 0.00000293. The minimum atomic E-state index is -2.03. The predicted octanol–water partition coefficient (Wildman–Crippen LogP) is 12.7. The molecule has 0 N–H and O–H groups in total. The molecule has 5 aliphatic rings. The van der Waals surface area contributed by atoms with Gasteiger partial charge in [-0.3, -0.25) is 0 Å². The normalized spacial score (nSPS) is 19.2. The van der Waals surface area contributed by atoms with E-state index in [1.807, 2.05) is 26.0 Å². The minimum absolute atomic E-state index is 0.0494. The smallest absolute Gasteiger partial charge is 0.341 e. The summed E-state index contributed by atoms with van der Waals surface area (Å²) < 4.78 is 80.9. The number of rotatable bonds is 13. The van der Waals surface area contributed by atoms with Gasteiger partial charge >= 0.3 is 5.97 Å². The lowest BCUT2D eigenvalue weighted by Gasteiger charge is -2.49. The topological polar surface area (TPSA) is 41.8 Å². The SMILES string of the molecule is CC.CCCCCCCCCCCCOC(=O)c1c(F)c(F)c(F)c(F)c1C1=c2cc3c4c(c2Oc2c1cc1c5c2C(C)(C)CCN5CCC1(C)C)C(C)(C)CC[N+]=4CCC3(C)C. The Morgan fingerprint density at radius 1 is 0.667 bits per heavy atom. The maximum Gasteiger partial charge on any atom is 0.341 e. The largest absolute Gasteiger partial charge is 0.462 e. The van der Waals surface area contributed by atoms with Gasteiger partial charge in [0, 0.05) is 75.5 Å². The summed E-state index contributed by atoms with van der Waals surface area (Å²) in [5.41, 5.74) is 2.72. The highest BCUT2D eigenvalue weighted by Crippen LogP contribution is 2.57. The third-order valence-electron chi connectivity index (χ3n) is 15.2. The van der Waals surface area contributed by atoms with Crippen LogP contribution in [0.5, 0.6) is 11.5 Å². The fraction of sp³-hybridized carbons (Fsp3) is 0.630. The molecule has 3 aromatic carbocycles. The number of benzene rings is 3. The van der Waals surface area contributed by atoms with Crippen LogP contribution in [0.4, 0.5) is 23.2 Å². The molecule has 0 aliphatic carbocycles. The molecule has 0 spiro atoms. The van der Waals surface area contributed by atoms with E-state index in [-0.39, 0.29) is 23.0 Å². The van der Waals surface area contributed by atoms with Crippen molar-refractivity contribution in [3.8, 4) is 11.5 Å². The van der Waals surface area contributed by atoms with Crippen LogP contribution in [0.1, 0.15) is 210 Å². The monoisotopic (exact) mass is 874 g/mol. The zero-order valence-electron chi connectivity index (χ0n) is 40.2. The van der Waals surface area contributed by atoms with E-state index in [1.165, 1.54) is 32.1 Å². The molecule has 0 saturated heterocycles. The highest BCUT2D eigenvalue weighted by molar-refractivity contribution is 6.01. The first-order chi connectivity index (χ1) is 29.8. The summed E-state index contributed by atoms with van der Waals surface area (Å²) in [4.78, 5) is 16.7. The van der Waals surface area contributed by atoms with Crippen LogP contribution >= 0.6 is 0 Å². The molecule has 0 unspecified atom stereocenters. The molecule has 5 aliphatic heterocycles. The second kappa shape index (κ2) is 17.8. The molecular weight excluding hydrogens is 801 g/mol. The first kappa shape index (κ1) is 47.1. The van der Waals surface area contributed by atoms with Crippen LogP contribution < -0.4 is 24.8 Å². The minimum Gasteiger partial charge on any atom is -0.462 e. The lowest BCUT2D eigenvalue weighted by molar-refractivity contribution is 0.0489. The Bertz CT molecular complexity index is 2410. The van der Waals surface area contributed by atoms with E-state index in [9.17, 15) is 4.79 Å². The molecule has 0 bridgehead atoms. The number of carbonyl (C=O) groups excluding carboxylic acids is 1. The maximum absolute atomic E-state index is 17.2. The summed E-state index contributed by atoms with van der Waals surface area (Å²) in [5, 5.41) is 1.54. The Morgan fingerprint density at radius 2 is 1.21 bits per heavy atom. The third kappa shape index (κ3) is 8.23. The number of fused-ring (bicyclic) bond motifs is 4. The average molecular weight is 874 g/mol. The van der Waals surface area contributed by atoms with Crippen LogP contribution in [0.15, 0.2) is 12.1 Å². The number of esters is 1. The summed E-state index contributed by atoms with van der Waals surface area (Å²) in [5.74, 6) is -7.56. The van der Waals surface area contributed by atoms with Gasteiger partial charge in [-0.15, -0.1) is 0 Å². The number of hydrogen-bond acceptors (Lipinski definition) is 4. The predicted molar refractivity (Wildman–Crippen MR) is 247 cm³/mol. The molecule has 0 aromatic heterocycles. The summed E-state index contributed by atoms with van der Waals surface area (Å²) >= 11 is 0. The first-order valence-electron chi connectivity index (χ1n) is 24.3. The van der Waals surface area contributed by atoms with Gasteiger partial charge in [-0.2, -0.15) is 0 Å². The van der Waals surface area contributed by atoms with Crippen molar-refractivity contribution >= 4 is 17.2 Å². The van der Waals surface area contributed by atoms with Crippen LogP contribution in [0, 0.1) is 23.3 Å². The highest BCUT2D eigenvalue weighted by Gasteiger charge is 2.48. The van der Waals surface area contributed by atoms with Gasteiger partial charge in [0.2, 0.25) is 5.36 Å². The highest BCUT2D eigenvalue weighted by atomic mass is 19.2. The van der Waals surface area contributed by atoms with Gasteiger partial charge in [-0.1, -0.05) is 134 Å². The van der Waals surface area contributed by atoms with E-state index in [0.29, 0.717) is 28.7 Å². The molecule has 63 heavy (non-hydrogen) atoms. The molecule has 5 heterocycles. The Kier molecular flexibility index (Phi) is 13.3. The van der Waals surface area contributed by atoms with E-state index in [2.05, 4.69) is 71.8 Å². The van der Waals surface area contributed by atoms with Crippen molar-refractivity contribution in [3.05, 3.63) is 84.9 Å². The Morgan fingerprint density at radius 3 is 1.84 bits per heavy atom. The number of halogens is 4. The van der Waals surface area contributed by atoms with E-state index in [1.54, 1.807) is 0 Å². The quantitative estimate of drug-likeness (QED) is 0.0335. The number of ether oxygens (including phenoxy) is 2. The van der Waals surface area contributed by atoms with E-state index in [0.717, 1.165) is 111 Å². The molecule has 5 nitrogen and oxygen atoms in total. The molecule has 344 valence electrons. The third-order valence-corrected chi connectivity index (χ3v) is 15.2. The van der Waals surface area contributed by atoms with Gasteiger partial charge < -0.3 is 14.4 Å². The van der Waals surface area contributed by atoms with E-state index >= 15 is 17.6 Å². The molecule has 0 radical (unpaired) electrons. The van der Waals surface area contributed by atoms with Crippen LogP contribution in [-0.4, -0.2) is 38.8 Å². The second-order valence-electron chi connectivity index (χ2n) is 21.4. The van der Waals surface area contributed by atoms with Crippen LogP contribution in [-0.2, 0) is 26.4 Å². The molecule has 3 aromatic rings. The fourth-order valence-corrected chi connectivity index (χ4v) is 11.1. The average Bonchev–Trinajstić information content (AvgIpc) is 3.24. The van der Waals surface area contributed by atoms with Gasteiger partial charge in [0.1, 0.15) is 30.2 Å². The maximum atomic E-state index is 17.2. The molecule has 8 rings (SSSR count). The summed E-state index contributed by atoms with van der Waals surface area (Å²) in [7, 11) is 0. The molecular formula is C54H73F4N2O3+. The van der Waals surface area contributed by atoms with Gasteiger partial charge in [0.05, 0.1) is 12.2 Å².